The number of nitrogens with zero attached hydrogens (tertiary/aromatic N) is 2. The average Bonchev–Trinajstić information content (AvgIpc) is 3.47. The smallest absolute Gasteiger partial charge is 0.303 e. The van der Waals surface area contributed by atoms with Crippen LogP contribution in [0.2, 0.25) is 0 Å². The first kappa shape index (κ1) is 21.5. The summed E-state index contributed by atoms with van der Waals surface area (Å²) in [6.45, 7) is 1.69. The predicted molar refractivity (Wildman–Crippen MR) is 126 cm³/mol. The van der Waals surface area contributed by atoms with Crippen molar-refractivity contribution < 1.29 is 14.6 Å². The molecule has 0 fully saturated rings. The molecule has 1 aromatic carbocycles. The summed E-state index contributed by atoms with van der Waals surface area (Å²) in [6, 6.07) is 10.5. The lowest BCUT2D eigenvalue weighted by atomic mass is 9.89. The minimum absolute atomic E-state index is 0.0727. The molecular formula is C26H30N4O3. The van der Waals surface area contributed by atoms with E-state index in [4.69, 9.17) is 9.72 Å². The standard InChI is InChI=1S/C26H30N4O3/c31-25(32)15-21(19-7-6-17-10-12-33-24(17)14-19)13-23-20(16-28-30-23)3-1-5-22-9-8-18-4-2-11-27-26(18)29-22/h6-9,14,16,21H,1-5,10-13,15H2,(H,27,29)(H,28,30)(H,31,32). The van der Waals surface area contributed by atoms with Crippen LogP contribution in [0.25, 0.3) is 0 Å². The summed E-state index contributed by atoms with van der Waals surface area (Å²) in [4.78, 5) is 16.4. The van der Waals surface area contributed by atoms with Crippen LogP contribution < -0.4 is 10.1 Å². The van der Waals surface area contributed by atoms with Gasteiger partial charge in [0.25, 0.3) is 0 Å². The van der Waals surface area contributed by atoms with Gasteiger partial charge in [-0.2, -0.15) is 5.10 Å². The highest BCUT2D eigenvalue weighted by molar-refractivity contribution is 5.68. The van der Waals surface area contributed by atoms with Crippen molar-refractivity contribution in [3.63, 3.8) is 0 Å². The van der Waals surface area contributed by atoms with Crippen LogP contribution in [0.15, 0.2) is 36.5 Å². The van der Waals surface area contributed by atoms with Gasteiger partial charge in [-0.05, 0) is 78.8 Å². The molecule has 1 unspecified atom stereocenters. The maximum atomic E-state index is 11.6. The summed E-state index contributed by atoms with van der Waals surface area (Å²) in [5, 5.41) is 20.3. The Balaban J connectivity index is 1.24. The maximum absolute atomic E-state index is 11.6. The van der Waals surface area contributed by atoms with E-state index in [1.807, 2.05) is 18.3 Å². The van der Waals surface area contributed by atoms with E-state index in [2.05, 4.69) is 33.7 Å². The van der Waals surface area contributed by atoms with Gasteiger partial charge in [0.05, 0.1) is 19.2 Å². The zero-order valence-electron chi connectivity index (χ0n) is 18.8. The number of H-pyrrole nitrogens is 1. The largest absolute Gasteiger partial charge is 0.493 e. The third-order valence-electron chi connectivity index (χ3n) is 6.70. The van der Waals surface area contributed by atoms with Gasteiger partial charge in [0.2, 0.25) is 0 Å². The number of fused-ring (bicyclic) bond motifs is 2. The molecule has 33 heavy (non-hydrogen) atoms. The van der Waals surface area contributed by atoms with Gasteiger partial charge in [0, 0.05) is 24.4 Å². The number of pyridine rings is 1. The zero-order chi connectivity index (χ0) is 22.6. The molecule has 7 nitrogen and oxygen atoms in total. The van der Waals surface area contributed by atoms with Crippen LogP contribution in [0.5, 0.6) is 5.75 Å². The molecule has 2 aliphatic rings. The van der Waals surface area contributed by atoms with E-state index in [1.165, 1.54) is 17.5 Å². The molecule has 0 spiro atoms. The van der Waals surface area contributed by atoms with Crippen molar-refractivity contribution >= 4 is 11.8 Å². The Labute approximate surface area is 193 Å². The SMILES string of the molecule is O=C(O)CC(Cc1[nH]ncc1CCCc1ccc2c(n1)NCCC2)c1ccc2c(c1)OCC2. The van der Waals surface area contributed by atoms with E-state index >= 15 is 0 Å². The van der Waals surface area contributed by atoms with Gasteiger partial charge in [0.1, 0.15) is 11.6 Å². The fourth-order valence-corrected chi connectivity index (χ4v) is 4.90. The first-order valence-electron chi connectivity index (χ1n) is 11.9. The topological polar surface area (TPSA) is 100 Å². The van der Waals surface area contributed by atoms with E-state index < -0.39 is 5.97 Å². The molecule has 0 saturated carbocycles. The molecule has 0 radical (unpaired) electrons. The number of aromatic nitrogens is 3. The van der Waals surface area contributed by atoms with Crippen molar-refractivity contribution in [1.82, 2.24) is 15.2 Å². The van der Waals surface area contributed by atoms with Crippen molar-refractivity contribution in [1.29, 1.82) is 0 Å². The Bertz CT molecular complexity index is 1140. The van der Waals surface area contributed by atoms with Crippen LogP contribution in [0, 0.1) is 0 Å². The molecule has 5 rings (SSSR count). The molecule has 7 heteroatoms. The third-order valence-corrected chi connectivity index (χ3v) is 6.70. The number of aliphatic carboxylic acids is 1. The molecule has 2 aliphatic heterocycles. The Morgan fingerprint density at radius 2 is 2.06 bits per heavy atom. The summed E-state index contributed by atoms with van der Waals surface area (Å²) < 4.78 is 5.71. The number of hydrogen-bond acceptors (Lipinski definition) is 5. The lowest BCUT2D eigenvalue weighted by Gasteiger charge is -2.17. The third kappa shape index (κ3) is 5.02. The van der Waals surface area contributed by atoms with Gasteiger partial charge in [-0.15, -0.1) is 0 Å². The fraction of sp³-hybridized carbons (Fsp3) is 0.423. The number of nitrogens with one attached hydrogen (secondary N) is 2. The number of benzene rings is 1. The van der Waals surface area contributed by atoms with Crippen molar-refractivity contribution in [3.05, 3.63) is 70.2 Å². The van der Waals surface area contributed by atoms with Crippen molar-refractivity contribution in [2.45, 2.75) is 57.3 Å². The van der Waals surface area contributed by atoms with E-state index in [-0.39, 0.29) is 12.3 Å². The van der Waals surface area contributed by atoms with Gasteiger partial charge >= 0.3 is 5.97 Å². The second-order valence-electron chi connectivity index (χ2n) is 9.03. The Kier molecular flexibility index (Phi) is 6.28. The molecular weight excluding hydrogens is 416 g/mol. The predicted octanol–water partition coefficient (Wildman–Crippen LogP) is 4.07. The van der Waals surface area contributed by atoms with Crippen LogP contribution in [0.1, 0.15) is 58.8 Å². The first-order chi connectivity index (χ1) is 16.2. The second-order valence-corrected chi connectivity index (χ2v) is 9.03. The van der Waals surface area contributed by atoms with Gasteiger partial charge in [-0.25, -0.2) is 4.98 Å². The highest BCUT2D eigenvalue weighted by Crippen LogP contribution is 2.32. The summed E-state index contributed by atoms with van der Waals surface area (Å²) in [7, 11) is 0. The van der Waals surface area contributed by atoms with E-state index in [1.54, 1.807) is 0 Å². The molecule has 0 aliphatic carbocycles. The summed E-state index contributed by atoms with van der Waals surface area (Å²) in [5.74, 6) is 0.997. The number of ether oxygens (including phenoxy) is 1. The zero-order valence-corrected chi connectivity index (χ0v) is 18.8. The molecule has 2 aromatic heterocycles. The summed E-state index contributed by atoms with van der Waals surface area (Å²) in [5.41, 5.74) is 6.78. The van der Waals surface area contributed by atoms with Gasteiger partial charge in [-0.1, -0.05) is 18.2 Å². The molecule has 3 aromatic rings. The molecule has 3 N–H and O–H groups in total. The molecule has 0 amide bonds. The van der Waals surface area contributed by atoms with Crippen LogP contribution in [-0.2, 0) is 36.9 Å². The number of anilines is 1. The maximum Gasteiger partial charge on any atom is 0.303 e. The monoisotopic (exact) mass is 446 g/mol. The van der Waals surface area contributed by atoms with E-state index in [9.17, 15) is 9.90 Å². The number of rotatable bonds is 9. The Hall–Kier alpha value is -3.35. The van der Waals surface area contributed by atoms with Gasteiger partial charge in [0.15, 0.2) is 0 Å². The molecule has 0 bridgehead atoms. The number of carboxylic acids is 1. The lowest BCUT2D eigenvalue weighted by molar-refractivity contribution is -0.137. The fourth-order valence-electron chi connectivity index (χ4n) is 4.90. The number of carboxylic acid groups (broad SMARTS) is 1. The molecule has 0 saturated heterocycles. The van der Waals surface area contributed by atoms with Crippen molar-refractivity contribution in [2.75, 3.05) is 18.5 Å². The average molecular weight is 447 g/mol. The summed E-state index contributed by atoms with van der Waals surface area (Å²) >= 11 is 0. The quantitative estimate of drug-likeness (QED) is 0.458. The highest BCUT2D eigenvalue weighted by Gasteiger charge is 2.22. The van der Waals surface area contributed by atoms with Gasteiger partial charge in [-0.3, -0.25) is 9.89 Å². The second kappa shape index (κ2) is 9.65. The number of aromatic amines is 1. The van der Waals surface area contributed by atoms with Crippen LogP contribution in [-0.4, -0.2) is 39.4 Å². The van der Waals surface area contributed by atoms with Crippen molar-refractivity contribution in [3.8, 4) is 5.75 Å². The number of carbonyl (C=O) groups is 1. The van der Waals surface area contributed by atoms with Crippen LogP contribution in [0.4, 0.5) is 5.82 Å². The first-order valence-corrected chi connectivity index (χ1v) is 11.9. The summed E-state index contributed by atoms with van der Waals surface area (Å²) in [6.07, 6.45) is 8.49. The number of hydrogen-bond donors (Lipinski definition) is 3. The Morgan fingerprint density at radius 3 is 2.97 bits per heavy atom. The molecule has 4 heterocycles. The van der Waals surface area contributed by atoms with Crippen LogP contribution >= 0.6 is 0 Å². The normalized spacial score (nSPS) is 15.3. The number of aryl methyl sites for hydroxylation is 3. The van der Waals surface area contributed by atoms with E-state index in [0.717, 1.165) is 72.7 Å². The minimum Gasteiger partial charge on any atom is -0.493 e. The van der Waals surface area contributed by atoms with Gasteiger partial charge < -0.3 is 15.2 Å². The van der Waals surface area contributed by atoms with Crippen LogP contribution in [0.3, 0.4) is 0 Å². The van der Waals surface area contributed by atoms with Crippen molar-refractivity contribution in [2.24, 2.45) is 0 Å². The van der Waals surface area contributed by atoms with E-state index in [0.29, 0.717) is 13.0 Å². The lowest BCUT2D eigenvalue weighted by Crippen LogP contribution is -2.14. The molecule has 172 valence electrons. The molecule has 1 atom stereocenters. The Morgan fingerprint density at radius 1 is 1.15 bits per heavy atom. The minimum atomic E-state index is -0.797. The highest BCUT2D eigenvalue weighted by atomic mass is 16.5.